The van der Waals surface area contributed by atoms with Gasteiger partial charge < -0.3 is 15.2 Å². The monoisotopic (exact) mass is 434 g/mol. The summed E-state index contributed by atoms with van der Waals surface area (Å²) in [7, 11) is 1.55. The number of ether oxygens (including phenoxy) is 1. The van der Waals surface area contributed by atoms with Gasteiger partial charge in [0.25, 0.3) is 5.91 Å². The molecule has 9 nitrogen and oxygen atoms in total. The number of rotatable bonds is 7. The molecule has 4 rings (SSSR count). The van der Waals surface area contributed by atoms with Crippen LogP contribution in [0.1, 0.15) is 34.0 Å². The number of carboxylic acids is 1. The lowest BCUT2D eigenvalue weighted by molar-refractivity contribution is -0.136. The maximum absolute atomic E-state index is 12.5. The molecule has 1 aromatic heterocycles. The fraction of sp³-hybridized carbons (Fsp3) is 0.217. The molecule has 0 bridgehead atoms. The Kier molecular flexibility index (Phi) is 5.89. The van der Waals surface area contributed by atoms with Gasteiger partial charge in [-0.15, -0.1) is 0 Å². The van der Waals surface area contributed by atoms with Gasteiger partial charge in [-0.05, 0) is 22.3 Å². The molecule has 1 aliphatic rings. The highest BCUT2D eigenvalue weighted by Gasteiger charge is 2.29. The number of hydrogen-bond acceptors (Lipinski definition) is 5. The average Bonchev–Trinajstić information content (AvgIpc) is 3.29. The van der Waals surface area contributed by atoms with Crippen molar-refractivity contribution in [2.24, 2.45) is 7.05 Å². The van der Waals surface area contributed by atoms with Crippen LogP contribution in [0, 0.1) is 0 Å². The number of carboxylic acid groups (broad SMARTS) is 1. The van der Waals surface area contributed by atoms with E-state index in [2.05, 4.69) is 27.9 Å². The second-order valence-electron chi connectivity index (χ2n) is 7.38. The van der Waals surface area contributed by atoms with Crippen LogP contribution < -0.4 is 10.6 Å². The molecule has 2 amide bonds. The molecule has 9 heteroatoms. The number of fused-ring (bicyclic) bond motifs is 3. The third-order valence-electron chi connectivity index (χ3n) is 5.36. The van der Waals surface area contributed by atoms with E-state index in [-0.39, 0.29) is 36.9 Å². The number of benzene rings is 2. The van der Waals surface area contributed by atoms with Crippen LogP contribution in [0.4, 0.5) is 10.5 Å². The summed E-state index contributed by atoms with van der Waals surface area (Å²) >= 11 is 0. The van der Waals surface area contributed by atoms with E-state index in [0.29, 0.717) is 0 Å². The van der Waals surface area contributed by atoms with Gasteiger partial charge in [-0.3, -0.25) is 19.6 Å². The molecule has 0 unspecified atom stereocenters. The van der Waals surface area contributed by atoms with E-state index in [4.69, 9.17) is 9.84 Å². The molecule has 1 aliphatic carbocycles. The molecular formula is C23H22N4O5. The molecule has 0 saturated heterocycles. The summed E-state index contributed by atoms with van der Waals surface area (Å²) in [6.45, 7) is 0.101. The maximum atomic E-state index is 12.5. The molecule has 164 valence electrons. The van der Waals surface area contributed by atoms with Crippen molar-refractivity contribution in [3.63, 3.8) is 0 Å². The molecule has 0 atom stereocenters. The second-order valence-corrected chi connectivity index (χ2v) is 7.38. The van der Waals surface area contributed by atoms with Crippen molar-refractivity contribution in [1.29, 1.82) is 0 Å². The molecule has 32 heavy (non-hydrogen) atoms. The van der Waals surface area contributed by atoms with Crippen LogP contribution in [-0.2, 0) is 16.6 Å². The Hall–Kier alpha value is -4.14. The second kappa shape index (κ2) is 8.93. The first-order valence-corrected chi connectivity index (χ1v) is 10.1. The first kappa shape index (κ1) is 21.1. The van der Waals surface area contributed by atoms with Crippen molar-refractivity contribution in [1.82, 2.24) is 15.1 Å². The van der Waals surface area contributed by atoms with Crippen molar-refractivity contribution < 1.29 is 24.2 Å². The highest BCUT2D eigenvalue weighted by Crippen LogP contribution is 2.44. The van der Waals surface area contributed by atoms with Crippen molar-refractivity contribution in [3.8, 4) is 11.1 Å². The smallest absolute Gasteiger partial charge is 0.411 e. The van der Waals surface area contributed by atoms with E-state index < -0.39 is 18.0 Å². The van der Waals surface area contributed by atoms with Crippen LogP contribution in [0.25, 0.3) is 11.1 Å². The Balaban J connectivity index is 1.42. The standard InChI is InChI=1S/C23H22N4O5/c1-27-21(22(30)24-11-10-20(28)29)19(12-25-27)26-23(31)32-13-18-16-8-4-2-6-14(16)15-7-3-5-9-17(15)18/h2-9,12,18H,10-11,13H2,1H3,(H,24,30)(H,26,31)(H,28,29). The Morgan fingerprint density at radius 1 is 1.06 bits per heavy atom. The summed E-state index contributed by atoms with van der Waals surface area (Å²) in [6.07, 6.45) is 0.422. The highest BCUT2D eigenvalue weighted by molar-refractivity contribution is 6.01. The number of anilines is 1. The third-order valence-corrected chi connectivity index (χ3v) is 5.36. The quantitative estimate of drug-likeness (QED) is 0.525. The molecule has 1 heterocycles. The van der Waals surface area contributed by atoms with E-state index in [1.165, 1.54) is 10.9 Å². The minimum absolute atomic E-state index is 0.0380. The Labute approximate surface area is 184 Å². The van der Waals surface area contributed by atoms with Crippen molar-refractivity contribution in [2.45, 2.75) is 12.3 Å². The summed E-state index contributed by atoms with van der Waals surface area (Å²) in [5.74, 6) is -1.65. The number of aromatic nitrogens is 2. The zero-order valence-electron chi connectivity index (χ0n) is 17.4. The SMILES string of the molecule is Cn1ncc(NC(=O)OCC2c3ccccc3-c3ccccc32)c1C(=O)NCCC(=O)O. The van der Waals surface area contributed by atoms with Crippen molar-refractivity contribution >= 4 is 23.7 Å². The number of aliphatic carboxylic acids is 1. The zero-order chi connectivity index (χ0) is 22.7. The zero-order valence-corrected chi connectivity index (χ0v) is 17.4. The minimum atomic E-state index is -1.02. The number of carbonyl (C=O) groups is 3. The lowest BCUT2D eigenvalue weighted by atomic mass is 9.98. The summed E-state index contributed by atoms with van der Waals surface area (Å²) in [5, 5.41) is 17.8. The molecule has 0 radical (unpaired) electrons. The van der Waals surface area contributed by atoms with Gasteiger partial charge in [0.1, 0.15) is 12.3 Å². The van der Waals surface area contributed by atoms with Gasteiger partial charge in [0.05, 0.1) is 18.3 Å². The van der Waals surface area contributed by atoms with Gasteiger partial charge in [-0.2, -0.15) is 5.10 Å². The van der Waals surface area contributed by atoms with E-state index in [9.17, 15) is 14.4 Å². The molecule has 0 saturated carbocycles. The van der Waals surface area contributed by atoms with Gasteiger partial charge >= 0.3 is 12.1 Å². The minimum Gasteiger partial charge on any atom is -0.481 e. The molecule has 0 aliphatic heterocycles. The number of carbonyl (C=O) groups excluding carboxylic acids is 2. The van der Waals surface area contributed by atoms with Gasteiger partial charge in [0.15, 0.2) is 0 Å². The van der Waals surface area contributed by atoms with E-state index in [1.807, 2.05) is 36.4 Å². The first-order valence-electron chi connectivity index (χ1n) is 10.1. The highest BCUT2D eigenvalue weighted by atomic mass is 16.5. The number of hydrogen-bond donors (Lipinski definition) is 3. The van der Waals surface area contributed by atoms with Crippen LogP contribution in [0.15, 0.2) is 54.7 Å². The fourth-order valence-corrected chi connectivity index (χ4v) is 3.91. The summed E-state index contributed by atoms with van der Waals surface area (Å²) in [5.41, 5.74) is 4.73. The molecule has 0 spiro atoms. The lowest BCUT2D eigenvalue weighted by Crippen LogP contribution is -2.29. The normalized spacial score (nSPS) is 12.0. The molecule has 3 aromatic rings. The molecule has 3 N–H and O–H groups in total. The van der Waals surface area contributed by atoms with Gasteiger partial charge in [0, 0.05) is 19.5 Å². The van der Waals surface area contributed by atoms with Gasteiger partial charge in [0.2, 0.25) is 0 Å². The number of nitrogens with one attached hydrogen (secondary N) is 2. The van der Waals surface area contributed by atoms with Crippen molar-refractivity contribution in [2.75, 3.05) is 18.5 Å². The average molecular weight is 434 g/mol. The van der Waals surface area contributed by atoms with Crippen LogP contribution in [-0.4, -0.2) is 46.0 Å². The predicted octanol–water partition coefficient (Wildman–Crippen LogP) is 2.99. The summed E-state index contributed by atoms with van der Waals surface area (Å²) in [4.78, 5) is 35.5. The fourth-order valence-electron chi connectivity index (χ4n) is 3.91. The molecular weight excluding hydrogens is 412 g/mol. The molecule has 2 aromatic carbocycles. The molecule has 0 fully saturated rings. The van der Waals surface area contributed by atoms with Crippen LogP contribution in [0.5, 0.6) is 0 Å². The first-order chi connectivity index (χ1) is 15.5. The summed E-state index contributed by atoms with van der Waals surface area (Å²) in [6, 6.07) is 16.1. The Morgan fingerprint density at radius 3 is 2.31 bits per heavy atom. The van der Waals surface area contributed by atoms with Crippen LogP contribution in [0.3, 0.4) is 0 Å². The van der Waals surface area contributed by atoms with E-state index in [0.717, 1.165) is 22.3 Å². The summed E-state index contributed by atoms with van der Waals surface area (Å²) < 4.78 is 6.80. The predicted molar refractivity (Wildman–Crippen MR) is 116 cm³/mol. The number of amides is 2. The van der Waals surface area contributed by atoms with Crippen LogP contribution in [0.2, 0.25) is 0 Å². The van der Waals surface area contributed by atoms with E-state index >= 15 is 0 Å². The maximum Gasteiger partial charge on any atom is 0.411 e. The Bertz CT molecular complexity index is 1140. The van der Waals surface area contributed by atoms with Crippen molar-refractivity contribution in [3.05, 3.63) is 71.5 Å². The van der Waals surface area contributed by atoms with Gasteiger partial charge in [-0.1, -0.05) is 48.5 Å². The topological polar surface area (TPSA) is 123 Å². The van der Waals surface area contributed by atoms with Crippen LogP contribution >= 0.6 is 0 Å². The van der Waals surface area contributed by atoms with E-state index in [1.54, 1.807) is 7.05 Å². The Morgan fingerprint density at radius 2 is 1.69 bits per heavy atom. The van der Waals surface area contributed by atoms with Gasteiger partial charge in [-0.25, -0.2) is 4.79 Å². The number of aryl methyl sites for hydroxylation is 1. The number of nitrogens with zero attached hydrogens (tertiary/aromatic N) is 2. The lowest BCUT2D eigenvalue weighted by Gasteiger charge is -2.14. The third kappa shape index (κ3) is 4.18. The largest absolute Gasteiger partial charge is 0.481 e.